The first kappa shape index (κ1) is 20.0. The zero-order valence-electron chi connectivity index (χ0n) is 16.4. The van der Waals surface area contributed by atoms with E-state index in [9.17, 15) is 19.1 Å². The first-order valence-corrected chi connectivity index (χ1v) is 9.63. The molecule has 3 aromatic rings. The number of piperidine rings is 1. The van der Waals surface area contributed by atoms with Gasteiger partial charge in [0.25, 0.3) is 0 Å². The number of likely N-dealkylation sites (tertiary alicyclic amines) is 1. The largest absolute Gasteiger partial charge is 0.477 e. The molecule has 1 atom stereocenters. The van der Waals surface area contributed by atoms with Gasteiger partial charge in [-0.1, -0.05) is 0 Å². The summed E-state index contributed by atoms with van der Waals surface area (Å²) >= 11 is 0. The molecule has 0 saturated carbocycles. The van der Waals surface area contributed by atoms with E-state index in [1.807, 2.05) is 7.05 Å². The number of anilines is 1. The molecule has 0 spiro atoms. The Kier molecular flexibility index (Phi) is 5.03. The van der Waals surface area contributed by atoms with Gasteiger partial charge in [0, 0.05) is 29.9 Å². The van der Waals surface area contributed by atoms with Crippen molar-refractivity contribution >= 4 is 22.6 Å². The lowest BCUT2D eigenvalue weighted by atomic mass is 9.88. The Morgan fingerprint density at radius 1 is 1.23 bits per heavy atom. The highest BCUT2D eigenvalue weighted by Gasteiger charge is 2.27. The Balaban J connectivity index is 2.06. The summed E-state index contributed by atoms with van der Waals surface area (Å²) in [7, 11) is 1.95. The van der Waals surface area contributed by atoms with Crippen molar-refractivity contribution in [2.24, 2.45) is 0 Å². The molecular weight excluding hydrogens is 392 g/mol. The molecule has 1 aromatic heterocycles. The SMILES string of the molecule is CN1CCCC(c2c(F)cc3c(=O)c(C(=O)O)cn(-c4ccc(F)cc4)c3c2N)C1. The van der Waals surface area contributed by atoms with Crippen molar-refractivity contribution in [1.82, 2.24) is 9.47 Å². The second-order valence-electron chi connectivity index (χ2n) is 7.71. The van der Waals surface area contributed by atoms with E-state index in [1.165, 1.54) is 28.8 Å². The van der Waals surface area contributed by atoms with E-state index >= 15 is 4.39 Å². The molecule has 8 heteroatoms. The number of pyridine rings is 1. The summed E-state index contributed by atoms with van der Waals surface area (Å²) in [4.78, 5) is 26.5. The van der Waals surface area contributed by atoms with Crippen LogP contribution in [0.5, 0.6) is 0 Å². The molecule has 0 amide bonds. The van der Waals surface area contributed by atoms with Crippen molar-refractivity contribution in [2.45, 2.75) is 18.8 Å². The molecule has 0 bridgehead atoms. The number of nitrogens with zero attached hydrogens (tertiary/aromatic N) is 2. The van der Waals surface area contributed by atoms with Gasteiger partial charge < -0.3 is 20.3 Å². The van der Waals surface area contributed by atoms with Crippen molar-refractivity contribution in [3.8, 4) is 5.69 Å². The lowest BCUT2D eigenvalue weighted by Crippen LogP contribution is -2.32. The molecule has 4 rings (SSSR count). The van der Waals surface area contributed by atoms with Crippen LogP contribution in [0.4, 0.5) is 14.5 Å². The first-order chi connectivity index (χ1) is 14.3. The Morgan fingerprint density at radius 3 is 2.57 bits per heavy atom. The van der Waals surface area contributed by atoms with Crippen LogP contribution < -0.4 is 11.2 Å². The van der Waals surface area contributed by atoms with E-state index in [1.54, 1.807) is 0 Å². The van der Waals surface area contributed by atoms with Crippen LogP contribution in [0, 0.1) is 11.6 Å². The second kappa shape index (κ2) is 7.53. The molecule has 1 fully saturated rings. The van der Waals surface area contributed by atoms with Crippen molar-refractivity contribution in [3.05, 3.63) is 69.5 Å². The number of carboxylic acids is 1. The monoisotopic (exact) mass is 413 g/mol. The minimum atomic E-state index is -1.44. The topological polar surface area (TPSA) is 88.6 Å². The van der Waals surface area contributed by atoms with Crippen molar-refractivity contribution < 1.29 is 18.7 Å². The standard InChI is InChI=1S/C22H21F2N3O3/c1-26-8-2-3-12(10-26)18-17(24)9-15-20(19(18)25)27(11-16(21(15)28)22(29)30)14-6-4-13(23)5-7-14/h4-7,9,11-12H,2-3,8,10,25H2,1H3,(H,29,30). The van der Waals surface area contributed by atoms with Gasteiger partial charge in [-0.05, 0) is 56.8 Å². The smallest absolute Gasteiger partial charge is 0.341 e. The van der Waals surface area contributed by atoms with E-state index in [-0.39, 0.29) is 22.5 Å². The van der Waals surface area contributed by atoms with E-state index in [2.05, 4.69) is 4.90 Å². The second-order valence-corrected chi connectivity index (χ2v) is 7.71. The summed E-state index contributed by atoms with van der Waals surface area (Å²) in [5.41, 5.74) is 6.15. The van der Waals surface area contributed by atoms with Gasteiger partial charge in [0.15, 0.2) is 0 Å². The van der Waals surface area contributed by atoms with Gasteiger partial charge in [-0.15, -0.1) is 0 Å². The summed E-state index contributed by atoms with van der Waals surface area (Å²) < 4.78 is 30.0. The Bertz CT molecular complexity index is 1210. The number of carboxylic acid groups (broad SMARTS) is 1. The molecule has 2 heterocycles. The maximum atomic E-state index is 15.1. The highest BCUT2D eigenvalue weighted by Crippen LogP contribution is 2.37. The van der Waals surface area contributed by atoms with Gasteiger partial charge in [-0.2, -0.15) is 0 Å². The van der Waals surface area contributed by atoms with E-state index < -0.39 is 28.6 Å². The van der Waals surface area contributed by atoms with Gasteiger partial charge in [0.1, 0.15) is 17.2 Å². The number of nitrogen functional groups attached to an aromatic ring is 1. The Morgan fingerprint density at radius 2 is 1.93 bits per heavy atom. The molecule has 156 valence electrons. The third kappa shape index (κ3) is 3.33. The van der Waals surface area contributed by atoms with Crippen LogP contribution in [0.25, 0.3) is 16.6 Å². The van der Waals surface area contributed by atoms with Crippen LogP contribution in [0.3, 0.4) is 0 Å². The van der Waals surface area contributed by atoms with Crippen molar-refractivity contribution in [2.75, 3.05) is 25.9 Å². The summed E-state index contributed by atoms with van der Waals surface area (Å²) in [5, 5.41) is 9.34. The van der Waals surface area contributed by atoms with Crippen LogP contribution in [-0.4, -0.2) is 40.7 Å². The number of aromatic nitrogens is 1. The maximum Gasteiger partial charge on any atom is 0.341 e. The lowest BCUT2D eigenvalue weighted by molar-refractivity contribution is 0.0695. The molecule has 1 aliphatic heterocycles. The quantitative estimate of drug-likeness (QED) is 0.643. The van der Waals surface area contributed by atoms with Gasteiger partial charge >= 0.3 is 5.97 Å². The number of carbonyl (C=O) groups is 1. The molecule has 0 aliphatic carbocycles. The third-order valence-corrected chi connectivity index (χ3v) is 5.69. The van der Waals surface area contributed by atoms with Crippen molar-refractivity contribution in [1.29, 1.82) is 0 Å². The maximum absolute atomic E-state index is 15.1. The number of halogens is 2. The fraction of sp³-hybridized carbons (Fsp3) is 0.273. The first-order valence-electron chi connectivity index (χ1n) is 9.63. The molecular formula is C22H21F2N3O3. The average Bonchev–Trinajstić information content (AvgIpc) is 2.69. The molecule has 0 radical (unpaired) electrons. The number of aromatic carboxylic acids is 1. The fourth-order valence-corrected chi connectivity index (χ4v) is 4.28. The summed E-state index contributed by atoms with van der Waals surface area (Å²) in [6.45, 7) is 1.54. The molecule has 3 N–H and O–H groups in total. The lowest BCUT2D eigenvalue weighted by Gasteiger charge is -2.31. The number of nitrogens with two attached hydrogens (primary N) is 1. The number of fused-ring (bicyclic) bond motifs is 1. The molecule has 30 heavy (non-hydrogen) atoms. The van der Waals surface area contributed by atoms with Crippen LogP contribution >= 0.6 is 0 Å². The molecule has 1 saturated heterocycles. The predicted molar refractivity (Wildman–Crippen MR) is 110 cm³/mol. The number of rotatable bonds is 3. The summed E-state index contributed by atoms with van der Waals surface area (Å²) in [6.07, 6.45) is 2.80. The average molecular weight is 413 g/mol. The summed E-state index contributed by atoms with van der Waals surface area (Å²) in [6, 6.07) is 6.40. The highest BCUT2D eigenvalue weighted by atomic mass is 19.1. The number of hydrogen-bond donors (Lipinski definition) is 2. The number of likely N-dealkylation sites (N-methyl/N-ethyl adjacent to an activating group) is 1. The third-order valence-electron chi connectivity index (χ3n) is 5.69. The Labute approximate surface area is 171 Å². The van der Waals surface area contributed by atoms with Gasteiger partial charge in [-0.25, -0.2) is 13.6 Å². The number of benzene rings is 2. The zero-order valence-corrected chi connectivity index (χ0v) is 16.4. The molecule has 6 nitrogen and oxygen atoms in total. The van der Waals surface area contributed by atoms with E-state index in [0.29, 0.717) is 17.8 Å². The highest BCUT2D eigenvalue weighted by molar-refractivity contribution is 5.98. The minimum Gasteiger partial charge on any atom is -0.477 e. The molecule has 1 aliphatic rings. The van der Waals surface area contributed by atoms with Crippen molar-refractivity contribution in [3.63, 3.8) is 0 Å². The summed E-state index contributed by atoms with van der Waals surface area (Å²) in [5.74, 6) is -2.67. The Hall–Kier alpha value is -3.26. The van der Waals surface area contributed by atoms with Gasteiger partial charge in [0.2, 0.25) is 5.43 Å². The molecule has 1 unspecified atom stereocenters. The van der Waals surface area contributed by atoms with Crippen LogP contribution in [-0.2, 0) is 0 Å². The van der Waals surface area contributed by atoms with E-state index in [0.717, 1.165) is 31.6 Å². The predicted octanol–water partition coefficient (Wildman–Crippen LogP) is 3.36. The fourth-order valence-electron chi connectivity index (χ4n) is 4.28. The van der Waals surface area contributed by atoms with Crippen LogP contribution in [0.2, 0.25) is 0 Å². The van der Waals surface area contributed by atoms with E-state index in [4.69, 9.17) is 5.73 Å². The number of hydrogen-bond acceptors (Lipinski definition) is 4. The van der Waals surface area contributed by atoms with Crippen LogP contribution in [0.1, 0.15) is 34.7 Å². The van der Waals surface area contributed by atoms with Gasteiger partial charge in [-0.3, -0.25) is 4.79 Å². The minimum absolute atomic E-state index is 0.101. The molecule has 2 aromatic carbocycles. The van der Waals surface area contributed by atoms with Crippen LogP contribution in [0.15, 0.2) is 41.3 Å². The van der Waals surface area contributed by atoms with Gasteiger partial charge in [0.05, 0.1) is 16.6 Å². The normalized spacial score (nSPS) is 17.4. The zero-order chi connectivity index (χ0) is 21.6.